The van der Waals surface area contributed by atoms with Crippen molar-refractivity contribution in [3.8, 4) is 5.75 Å². The molecule has 0 radical (unpaired) electrons. The van der Waals surface area contributed by atoms with Crippen LogP contribution in [0.3, 0.4) is 0 Å². The van der Waals surface area contributed by atoms with E-state index in [-0.39, 0.29) is 11.8 Å². The van der Waals surface area contributed by atoms with Gasteiger partial charge in [0.05, 0.1) is 17.7 Å². The molecule has 1 aromatic carbocycles. The summed E-state index contributed by atoms with van der Waals surface area (Å²) in [6.45, 7) is 1.88. The fraction of sp³-hybridized carbons (Fsp3) is 0.200. The Morgan fingerprint density at radius 1 is 1.19 bits per heavy atom. The largest absolute Gasteiger partial charge is 0.495 e. The molecule has 2 rings (SSSR count). The molecule has 0 fully saturated rings. The highest BCUT2D eigenvalue weighted by Crippen LogP contribution is 2.27. The van der Waals surface area contributed by atoms with Crippen molar-refractivity contribution in [3.63, 3.8) is 0 Å². The predicted octanol–water partition coefficient (Wildman–Crippen LogP) is 2.68. The number of thiophene rings is 1. The molecule has 0 spiro atoms. The van der Waals surface area contributed by atoms with Crippen LogP contribution in [0.15, 0.2) is 29.6 Å². The molecule has 0 saturated carbocycles. The van der Waals surface area contributed by atoms with Gasteiger partial charge >= 0.3 is 0 Å². The van der Waals surface area contributed by atoms with E-state index in [0.717, 1.165) is 5.56 Å². The van der Waals surface area contributed by atoms with E-state index in [1.54, 1.807) is 25.2 Å². The summed E-state index contributed by atoms with van der Waals surface area (Å²) in [5.41, 5.74) is 1.84. The van der Waals surface area contributed by atoms with Gasteiger partial charge in [0, 0.05) is 12.6 Å². The van der Waals surface area contributed by atoms with Crippen LogP contribution in [0.1, 0.15) is 25.6 Å². The highest BCUT2D eigenvalue weighted by molar-refractivity contribution is 7.12. The molecule has 21 heavy (non-hydrogen) atoms. The molecule has 6 heteroatoms. The first-order chi connectivity index (χ1) is 10.1. The molecule has 0 aliphatic heterocycles. The zero-order valence-corrected chi connectivity index (χ0v) is 12.8. The predicted molar refractivity (Wildman–Crippen MR) is 83.4 cm³/mol. The Bertz CT molecular complexity index is 679. The van der Waals surface area contributed by atoms with Gasteiger partial charge in [-0.05, 0) is 42.1 Å². The van der Waals surface area contributed by atoms with Crippen molar-refractivity contribution in [2.75, 3.05) is 19.5 Å². The van der Waals surface area contributed by atoms with Crippen LogP contribution in [-0.4, -0.2) is 26.0 Å². The number of aryl methyl sites for hydroxylation is 1. The van der Waals surface area contributed by atoms with Gasteiger partial charge in [0.1, 0.15) is 5.75 Å². The molecule has 1 heterocycles. The summed E-state index contributed by atoms with van der Waals surface area (Å²) in [5.74, 6) is 0.0699. The van der Waals surface area contributed by atoms with Crippen molar-refractivity contribution in [2.45, 2.75) is 6.92 Å². The lowest BCUT2D eigenvalue weighted by molar-refractivity contribution is 0.0961. The number of amides is 2. The molecule has 0 atom stereocenters. The third kappa shape index (κ3) is 3.22. The monoisotopic (exact) mass is 304 g/mol. The number of rotatable bonds is 4. The van der Waals surface area contributed by atoms with Crippen LogP contribution in [0.4, 0.5) is 5.69 Å². The third-order valence-corrected chi connectivity index (χ3v) is 4.02. The Kier molecular flexibility index (Phi) is 4.59. The number of anilines is 1. The molecule has 5 nitrogen and oxygen atoms in total. The van der Waals surface area contributed by atoms with E-state index in [1.807, 2.05) is 18.4 Å². The lowest BCUT2D eigenvalue weighted by Gasteiger charge is -2.11. The highest BCUT2D eigenvalue weighted by Gasteiger charge is 2.15. The number of methoxy groups -OCH3 is 1. The fourth-order valence-electron chi connectivity index (χ4n) is 1.88. The summed E-state index contributed by atoms with van der Waals surface area (Å²) in [6, 6.07) is 6.78. The Hall–Kier alpha value is -2.34. The molecule has 0 unspecified atom stereocenters. The van der Waals surface area contributed by atoms with E-state index in [9.17, 15) is 9.59 Å². The maximum Gasteiger partial charge on any atom is 0.266 e. The van der Waals surface area contributed by atoms with Gasteiger partial charge in [-0.2, -0.15) is 0 Å². The van der Waals surface area contributed by atoms with Gasteiger partial charge in [0.25, 0.3) is 11.8 Å². The maximum absolute atomic E-state index is 12.3. The second-order valence-electron chi connectivity index (χ2n) is 4.38. The number of hydrogen-bond acceptors (Lipinski definition) is 4. The average molecular weight is 304 g/mol. The summed E-state index contributed by atoms with van der Waals surface area (Å²) in [4.78, 5) is 24.6. The third-order valence-electron chi connectivity index (χ3n) is 3.01. The topological polar surface area (TPSA) is 67.4 Å². The van der Waals surface area contributed by atoms with Crippen LogP contribution in [0, 0.1) is 6.92 Å². The summed E-state index contributed by atoms with van der Waals surface area (Å²) >= 11 is 1.37. The van der Waals surface area contributed by atoms with Crippen molar-refractivity contribution in [2.24, 2.45) is 0 Å². The second-order valence-corrected chi connectivity index (χ2v) is 5.30. The number of benzene rings is 1. The Morgan fingerprint density at radius 2 is 1.95 bits per heavy atom. The Balaban J connectivity index is 2.31. The maximum atomic E-state index is 12.3. The first-order valence-electron chi connectivity index (χ1n) is 6.32. The smallest absolute Gasteiger partial charge is 0.266 e. The molecule has 2 amide bonds. The molecule has 0 bridgehead atoms. The van der Waals surface area contributed by atoms with E-state index < -0.39 is 0 Å². The molecule has 2 aromatic rings. The molecular weight excluding hydrogens is 288 g/mol. The summed E-state index contributed by atoms with van der Waals surface area (Å²) < 4.78 is 5.22. The molecule has 110 valence electrons. The normalized spacial score (nSPS) is 10.0. The fourth-order valence-corrected chi connectivity index (χ4v) is 2.70. The SMILES string of the molecule is CNC(=O)c1ccc(OC)c(NC(=O)c2sccc2C)c1. The minimum absolute atomic E-state index is 0.213. The zero-order chi connectivity index (χ0) is 15.4. The number of hydrogen-bond donors (Lipinski definition) is 2. The van der Waals surface area contributed by atoms with Crippen LogP contribution >= 0.6 is 11.3 Å². The van der Waals surface area contributed by atoms with Gasteiger partial charge in [0.2, 0.25) is 0 Å². The number of carbonyl (C=O) groups excluding carboxylic acids is 2. The lowest BCUT2D eigenvalue weighted by Crippen LogP contribution is -2.18. The minimum atomic E-state index is -0.222. The van der Waals surface area contributed by atoms with Crippen LogP contribution in [0.2, 0.25) is 0 Å². The van der Waals surface area contributed by atoms with Crippen molar-refractivity contribution in [3.05, 3.63) is 45.6 Å². The van der Waals surface area contributed by atoms with Crippen LogP contribution in [0.25, 0.3) is 0 Å². The van der Waals surface area contributed by atoms with Crippen molar-refractivity contribution >= 4 is 28.8 Å². The number of nitrogens with one attached hydrogen (secondary N) is 2. The summed E-state index contributed by atoms with van der Waals surface area (Å²) in [5, 5.41) is 7.20. The summed E-state index contributed by atoms with van der Waals surface area (Å²) in [7, 11) is 3.07. The molecular formula is C15H16N2O3S. The van der Waals surface area contributed by atoms with Crippen molar-refractivity contribution in [1.29, 1.82) is 0 Å². The van der Waals surface area contributed by atoms with Crippen LogP contribution in [0.5, 0.6) is 5.75 Å². The van der Waals surface area contributed by atoms with E-state index in [2.05, 4.69) is 10.6 Å². The van der Waals surface area contributed by atoms with Gasteiger partial charge in [-0.15, -0.1) is 11.3 Å². The molecule has 0 saturated heterocycles. The molecule has 2 N–H and O–H groups in total. The minimum Gasteiger partial charge on any atom is -0.495 e. The first kappa shape index (κ1) is 15.1. The van der Waals surface area contributed by atoms with E-state index in [1.165, 1.54) is 18.4 Å². The lowest BCUT2D eigenvalue weighted by atomic mass is 10.1. The van der Waals surface area contributed by atoms with Crippen LogP contribution < -0.4 is 15.4 Å². The van der Waals surface area contributed by atoms with Crippen LogP contribution in [-0.2, 0) is 0 Å². The number of carbonyl (C=O) groups is 2. The quantitative estimate of drug-likeness (QED) is 0.912. The van der Waals surface area contributed by atoms with Gasteiger partial charge in [-0.25, -0.2) is 0 Å². The van der Waals surface area contributed by atoms with Gasteiger partial charge in [-0.3, -0.25) is 9.59 Å². The number of ether oxygens (including phenoxy) is 1. The van der Waals surface area contributed by atoms with E-state index >= 15 is 0 Å². The zero-order valence-electron chi connectivity index (χ0n) is 12.0. The van der Waals surface area contributed by atoms with Gasteiger partial charge in [-0.1, -0.05) is 0 Å². The summed E-state index contributed by atoms with van der Waals surface area (Å²) in [6.07, 6.45) is 0. The van der Waals surface area contributed by atoms with E-state index in [0.29, 0.717) is 21.9 Å². The van der Waals surface area contributed by atoms with Crippen molar-refractivity contribution < 1.29 is 14.3 Å². The average Bonchev–Trinajstić information content (AvgIpc) is 2.92. The first-order valence-corrected chi connectivity index (χ1v) is 7.20. The van der Waals surface area contributed by atoms with E-state index in [4.69, 9.17) is 4.74 Å². The molecule has 0 aliphatic carbocycles. The highest BCUT2D eigenvalue weighted by atomic mass is 32.1. The van der Waals surface area contributed by atoms with Gasteiger partial charge < -0.3 is 15.4 Å². The Labute approximate surface area is 126 Å². The Morgan fingerprint density at radius 3 is 2.52 bits per heavy atom. The standard InChI is InChI=1S/C15H16N2O3S/c1-9-6-7-21-13(9)15(19)17-11-8-10(14(18)16-2)4-5-12(11)20-3/h4-8H,1-3H3,(H,16,18)(H,17,19). The van der Waals surface area contributed by atoms with Gasteiger partial charge in [0.15, 0.2) is 0 Å². The second kappa shape index (κ2) is 6.41. The van der Waals surface area contributed by atoms with Crippen molar-refractivity contribution in [1.82, 2.24) is 5.32 Å². The molecule has 1 aromatic heterocycles. The molecule has 0 aliphatic rings.